The molecular weight excluding hydrogens is 180 g/mol. The summed E-state index contributed by atoms with van der Waals surface area (Å²) in [5.74, 6) is 0. The fourth-order valence-corrected chi connectivity index (χ4v) is 2.95. The zero-order valence-corrected chi connectivity index (χ0v) is 8.39. The highest BCUT2D eigenvalue weighted by molar-refractivity contribution is 8.00. The van der Waals surface area contributed by atoms with Crippen LogP contribution in [0.1, 0.15) is 19.3 Å². The van der Waals surface area contributed by atoms with Crippen LogP contribution in [-0.4, -0.2) is 16.5 Å². The Labute approximate surface area is 83.2 Å². The van der Waals surface area contributed by atoms with Crippen LogP contribution in [0.4, 0.5) is 0 Å². The molecule has 70 valence electrons. The summed E-state index contributed by atoms with van der Waals surface area (Å²) in [7, 11) is 0. The zero-order chi connectivity index (χ0) is 9.15. The maximum Gasteiger partial charge on any atom is 0.0581 e. The van der Waals surface area contributed by atoms with Crippen LogP contribution < -0.4 is 0 Å². The molecule has 0 saturated heterocycles. The Morgan fingerprint density at radius 2 is 1.92 bits per heavy atom. The van der Waals surface area contributed by atoms with Gasteiger partial charge in [-0.15, -0.1) is 11.8 Å². The van der Waals surface area contributed by atoms with Gasteiger partial charge in [-0.1, -0.05) is 24.6 Å². The molecule has 0 atom stereocenters. The minimum absolute atomic E-state index is 0.140. The minimum atomic E-state index is 0.140. The van der Waals surface area contributed by atoms with E-state index in [1.165, 1.54) is 11.3 Å². The van der Waals surface area contributed by atoms with Gasteiger partial charge in [-0.2, -0.15) is 0 Å². The molecule has 0 heterocycles. The maximum atomic E-state index is 9.28. The standard InChI is InChI=1S/C11H14OS/c12-9-11(7-4-8-11)13-10-5-2-1-3-6-10/h1-3,5-6,12H,4,7-9H2. The summed E-state index contributed by atoms with van der Waals surface area (Å²) in [6.45, 7) is 0.312. The lowest BCUT2D eigenvalue weighted by molar-refractivity contribution is 0.191. The van der Waals surface area contributed by atoms with Gasteiger partial charge in [0.05, 0.1) is 6.61 Å². The van der Waals surface area contributed by atoms with Crippen LogP contribution in [0.2, 0.25) is 0 Å². The van der Waals surface area contributed by atoms with Crippen molar-refractivity contribution >= 4 is 11.8 Å². The van der Waals surface area contributed by atoms with Crippen LogP contribution in [0.15, 0.2) is 35.2 Å². The second-order valence-electron chi connectivity index (χ2n) is 3.61. The molecule has 1 fully saturated rings. The van der Waals surface area contributed by atoms with Crippen LogP contribution in [0, 0.1) is 0 Å². The van der Waals surface area contributed by atoms with Gasteiger partial charge in [0.15, 0.2) is 0 Å². The Bertz CT molecular complexity index is 261. The minimum Gasteiger partial charge on any atom is -0.395 e. The normalized spacial score (nSPS) is 19.5. The lowest BCUT2D eigenvalue weighted by atomic mass is 9.85. The lowest BCUT2D eigenvalue weighted by Gasteiger charge is -2.39. The summed E-state index contributed by atoms with van der Waals surface area (Å²) >= 11 is 1.83. The topological polar surface area (TPSA) is 20.2 Å². The largest absolute Gasteiger partial charge is 0.395 e. The van der Waals surface area contributed by atoms with E-state index in [1.807, 2.05) is 30.0 Å². The molecule has 1 nitrogen and oxygen atoms in total. The fraction of sp³-hybridized carbons (Fsp3) is 0.455. The highest BCUT2D eigenvalue weighted by atomic mass is 32.2. The van der Waals surface area contributed by atoms with Crippen molar-refractivity contribution in [1.82, 2.24) is 0 Å². The Morgan fingerprint density at radius 1 is 1.23 bits per heavy atom. The van der Waals surface area contributed by atoms with E-state index in [0.717, 1.165) is 12.8 Å². The second kappa shape index (κ2) is 3.72. The summed E-state index contributed by atoms with van der Waals surface area (Å²) in [5, 5.41) is 9.28. The van der Waals surface area contributed by atoms with Crippen LogP contribution in [0.3, 0.4) is 0 Å². The molecule has 0 spiro atoms. The molecule has 1 aromatic rings. The van der Waals surface area contributed by atoms with E-state index in [0.29, 0.717) is 6.61 Å². The molecule has 2 rings (SSSR count). The first-order chi connectivity index (χ1) is 6.35. The van der Waals surface area contributed by atoms with Crippen molar-refractivity contribution in [1.29, 1.82) is 0 Å². The quantitative estimate of drug-likeness (QED) is 0.798. The summed E-state index contributed by atoms with van der Waals surface area (Å²) in [6, 6.07) is 10.3. The molecule has 1 N–H and O–H groups in total. The van der Waals surface area contributed by atoms with Crippen LogP contribution in [-0.2, 0) is 0 Å². The van der Waals surface area contributed by atoms with Gasteiger partial charge < -0.3 is 5.11 Å². The number of aliphatic hydroxyl groups is 1. The number of aliphatic hydroxyl groups excluding tert-OH is 1. The van der Waals surface area contributed by atoms with E-state index in [4.69, 9.17) is 0 Å². The van der Waals surface area contributed by atoms with Crippen molar-refractivity contribution in [2.75, 3.05) is 6.61 Å². The van der Waals surface area contributed by atoms with Crippen LogP contribution >= 0.6 is 11.8 Å². The first-order valence-corrected chi connectivity index (χ1v) is 5.51. The third kappa shape index (κ3) is 1.89. The van der Waals surface area contributed by atoms with Crippen molar-refractivity contribution in [2.45, 2.75) is 28.9 Å². The maximum absolute atomic E-state index is 9.28. The average Bonchev–Trinajstić information content (AvgIpc) is 2.13. The van der Waals surface area contributed by atoms with Crippen molar-refractivity contribution < 1.29 is 5.11 Å². The molecule has 1 aliphatic carbocycles. The van der Waals surface area contributed by atoms with Gasteiger partial charge in [-0.3, -0.25) is 0 Å². The molecule has 2 heteroatoms. The molecule has 1 aromatic carbocycles. The molecule has 1 aliphatic rings. The summed E-state index contributed by atoms with van der Waals surface area (Å²) in [6.07, 6.45) is 3.58. The summed E-state index contributed by atoms with van der Waals surface area (Å²) < 4.78 is 0.140. The van der Waals surface area contributed by atoms with Crippen LogP contribution in [0.5, 0.6) is 0 Å². The Balaban J connectivity index is 2.05. The van der Waals surface area contributed by atoms with E-state index in [9.17, 15) is 5.11 Å². The molecule has 0 unspecified atom stereocenters. The number of hydrogen-bond acceptors (Lipinski definition) is 2. The van der Waals surface area contributed by atoms with Crippen molar-refractivity contribution in [3.8, 4) is 0 Å². The molecular formula is C11H14OS. The number of rotatable bonds is 3. The molecule has 0 radical (unpaired) electrons. The number of benzene rings is 1. The van der Waals surface area contributed by atoms with Gasteiger partial charge in [0.25, 0.3) is 0 Å². The van der Waals surface area contributed by atoms with E-state index >= 15 is 0 Å². The first kappa shape index (κ1) is 9.10. The van der Waals surface area contributed by atoms with Gasteiger partial charge in [-0.05, 0) is 25.0 Å². The van der Waals surface area contributed by atoms with E-state index < -0.39 is 0 Å². The Hall–Kier alpha value is -0.470. The Kier molecular flexibility index (Phi) is 2.61. The monoisotopic (exact) mass is 194 g/mol. The average molecular weight is 194 g/mol. The van der Waals surface area contributed by atoms with E-state index in [-0.39, 0.29) is 4.75 Å². The molecule has 0 aromatic heterocycles. The van der Waals surface area contributed by atoms with Gasteiger partial charge in [0.2, 0.25) is 0 Å². The predicted octanol–water partition coefficient (Wildman–Crippen LogP) is 2.69. The highest BCUT2D eigenvalue weighted by Crippen LogP contribution is 2.46. The van der Waals surface area contributed by atoms with Gasteiger partial charge in [0.1, 0.15) is 0 Å². The third-order valence-electron chi connectivity index (χ3n) is 2.63. The molecule has 1 saturated carbocycles. The second-order valence-corrected chi connectivity index (χ2v) is 5.15. The Morgan fingerprint density at radius 3 is 2.38 bits per heavy atom. The van der Waals surface area contributed by atoms with Crippen LogP contribution in [0.25, 0.3) is 0 Å². The van der Waals surface area contributed by atoms with Gasteiger partial charge >= 0.3 is 0 Å². The third-order valence-corrected chi connectivity index (χ3v) is 4.11. The predicted molar refractivity (Wildman–Crippen MR) is 56.0 cm³/mol. The SMILES string of the molecule is OCC1(Sc2ccccc2)CCC1. The molecule has 0 amide bonds. The zero-order valence-electron chi connectivity index (χ0n) is 7.57. The van der Waals surface area contributed by atoms with Gasteiger partial charge in [0, 0.05) is 9.64 Å². The smallest absolute Gasteiger partial charge is 0.0581 e. The first-order valence-electron chi connectivity index (χ1n) is 4.70. The van der Waals surface area contributed by atoms with Crippen molar-refractivity contribution in [2.24, 2.45) is 0 Å². The van der Waals surface area contributed by atoms with Crippen molar-refractivity contribution in [3.63, 3.8) is 0 Å². The molecule has 0 aliphatic heterocycles. The van der Waals surface area contributed by atoms with E-state index in [2.05, 4.69) is 12.1 Å². The molecule has 13 heavy (non-hydrogen) atoms. The van der Waals surface area contributed by atoms with Gasteiger partial charge in [-0.25, -0.2) is 0 Å². The summed E-state index contributed by atoms with van der Waals surface area (Å²) in [5.41, 5.74) is 0. The van der Waals surface area contributed by atoms with Crippen molar-refractivity contribution in [3.05, 3.63) is 30.3 Å². The number of thioether (sulfide) groups is 1. The fourth-order valence-electron chi connectivity index (χ4n) is 1.60. The lowest BCUT2D eigenvalue weighted by Crippen LogP contribution is -2.37. The summed E-state index contributed by atoms with van der Waals surface area (Å²) in [4.78, 5) is 1.27. The number of hydrogen-bond donors (Lipinski definition) is 1. The molecule has 0 bridgehead atoms. The highest BCUT2D eigenvalue weighted by Gasteiger charge is 2.37. The van der Waals surface area contributed by atoms with E-state index in [1.54, 1.807) is 0 Å².